The molecule has 0 bridgehead atoms. The second kappa shape index (κ2) is 7.42. The third-order valence-corrected chi connectivity index (χ3v) is 3.05. The van der Waals surface area contributed by atoms with Crippen LogP contribution in [0.4, 0.5) is 16.3 Å². The molecule has 0 radical (unpaired) electrons. The van der Waals surface area contributed by atoms with Crippen molar-refractivity contribution >= 4 is 17.5 Å². The fourth-order valence-electron chi connectivity index (χ4n) is 2.06. The molecular formula is C16H21N5O. The van der Waals surface area contributed by atoms with Crippen molar-refractivity contribution in [1.29, 1.82) is 0 Å². The van der Waals surface area contributed by atoms with Gasteiger partial charge in [-0.1, -0.05) is 18.2 Å². The van der Waals surface area contributed by atoms with Crippen molar-refractivity contribution in [2.45, 2.75) is 13.1 Å². The lowest BCUT2D eigenvalue weighted by Gasteiger charge is -2.12. The number of amides is 2. The number of nitrogens with zero attached hydrogens (tertiary/aromatic N) is 2. The normalized spacial score (nSPS) is 10.5. The highest BCUT2D eigenvalue weighted by atomic mass is 16.2. The maximum atomic E-state index is 11.9. The summed E-state index contributed by atoms with van der Waals surface area (Å²) >= 11 is 0. The fourth-order valence-corrected chi connectivity index (χ4v) is 2.06. The Bertz CT molecular complexity index is 642. The molecule has 0 aliphatic rings. The molecule has 0 saturated carbocycles. The van der Waals surface area contributed by atoms with Crippen LogP contribution < -0.4 is 16.4 Å². The van der Waals surface area contributed by atoms with Gasteiger partial charge in [0, 0.05) is 30.5 Å². The molecule has 6 nitrogen and oxygen atoms in total. The lowest BCUT2D eigenvalue weighted by atomic mass is 10.2. The maximum absolute atomic E-state index is 11.9. The predicted molar refractivity (Wildman–Crippen MR) is 88.3 cm³/mol. The predicted octanol–water partition coefficient (Wildman–Crippen LogP) is 2.05. The zero-order chi connectivity index (χ0) is 15.9. The number of nitrogens with one attached hydrogen (secondary N) is 2. The first-order valence-electron chi connectivity index (χ1n) is 7.02. The van der Waals surface area contributed by atoms with Gasteiger partial charge in [-0.3, -0.25) is 0 Å². The van der Waals surface area contributed by atoms with Gasteiger partial charge >= 0.3 is 6.03 Å². The number of hydrogen-bond donors (Lipinski definition) is 3. The summed E-state index contributed by atoms with van der Waals surface area (Å²) in [7, 11) is 4.01. The molecule has 2 aromatic rings. The number of nitrogen functional groups attached to an aromatic ring is 1. The van der Waals surface area contributed by atoms with Crippen LogP contribution in [0.25, 0.3) is 0 Å². The van der Waals surface area contributed by atoms with Crippen LogP contribution in [-0.2, 0) is 13.1 Å². The van der Waals surface area contributed by atoms with Gasteiger partial charge in [-0.25, -0.2) is 9.78 Å². The molecule has 0 atom stereocenters. The van der Waals surface area contributed by atoms with Crippen molar-refractivity contribution in [2.75, 3.05) is 25.1 Å². The Kier molecular flexibility index (Phi) is 5.32. The van der Waals surface area contributed by atoms with Gasteiger partial charge in [0.05, 0.1) is 0 Å². The van der Waals surface area contributed by atoms with Crippen LogP contribution in [0.1, 0.15) is 11.1 Å². The molecule has 4 N–H and O–H groups in total. The van der Waals surface area contributed by atoms with E-state index in [1.54, 1.807) is 12.3 Å². The molecule has 22 heavy (non-hydrogen) atoms. The highest BCUT2D eigenvalue weighted by Gasteiger charge is 2.05. The second-order valence-corrected chi connectivity index (χ2v) is 5.29. The number of benzene rings is 1. The van der Waals surface area contributed by atoms with Gasteiger partial charge in [0.1, 0.15) is 5.82 Å². The number of anilines is 2. The van der Waals surface area contributed by atoms with Gasteiger partial charge in [-0.15, -0.1) is 0 Å². The number of rotatable bonds is 5. The summed E-state index contributed by atoms with van der Waals surface area (Å²) in [5, 5.41) is 5.58. The minimum Gasteiger partial charge on any atom is -0.383 e. The van der Waals surface area contributed by atoms with Crippen molar-refractivity contribution in [1.82, 2.24) is 15.2 Å². The minimum atomic E-state index is -0.273. The van der Waals surface area contributed by atoms with Gasteiger partial charge in [-0.05, 0) is 37.9 Å². The number of carbonyl (C=O) groups is 1. The quantitative estimate of drug-likeness (QED) is 0.789. The molecule has 0 aliphatic heterocycles. The summed E-state index contributed by atoms with van der Waals surface area (Å²) < 4.78 is 0. The first-order valence-corrected chi connectivity index (χ1v) is 7.02. The van der Waals surface area contributed by atoms with Crippen molar-refractivity contribution < 1.29 is 4.79 Å². The SMILES string of the molecule is CN(C)Cc1cccc(NC(=O)NCc2cccnc2N)c1. The van der Waals surface area contributed by atoms with Crippen LogP contribution in [0.15, 0.2) is 42.6 Å². The monoisotopic (exact) mass is 299 g/mol. The van der Waals surface area contributed by atoms with E-state index in [4.69, 9.17) is 5.73 Å². The number of carbonyl (C=O) groups excluding carboxylic acids is 1. The van der Waals surface area contributed by atoms with Crippen molar-refractivity contribution in [2.24, 2.45) is 0 Å². The minimum absolute atomic E-state index is 0.273. The highest BCUT2D eigenvalue weighted by Crippen LogP contribution is 2.12. The number of hydrogen-bond acceptors (Lipinski definition) is 4. The first-order chi connectivity index (χ1) is 10.5. The average molecular weight is 299 g/mol. The standard InChI is InChI=1S/C16H21N5O/c1-21(2)11-12-5-3-7-14(9-12)20-16(22)19-10-13-6-4-8-18-15(13)17/h3-9H,10-11H2,1-2H3,(H2,17,18)(H2,19,20,22). The van der Waals surface area contributed by atoms with Crippen LogP contribution in [-0.4, -0.2) is 30.0 Å². The zero-order valence-electron chi connectivity index (χ0n) is 12.8. The molecule has 2 amide bonds. The molecule has 1 heterocycles. The average Bonchev–Trinajstić information content (AvgIpc) is 2.46. The molecule has 1 aromatic carbocycles. The van der Waals surface area contributed by atoms with E-state index in [2.05, 4.69) is 20.5 Å². The van der Waals surface area contributed by atoms with E-state index < -0.39 is 0 Å². The summed E-state index contributed by atoms with van der Waals surface area (Å²) in [5.41, 5.74) is 8.43. The van der Waals surface area contributed by atoms with Crippen LogP contribution in [0.3, 0.4) is 0 Å². The van der Waals surface area contributed by atoms with Crippen LogP contribution in [0.5, 0.6) is 0 Å². The highest BCUT2D eigenvalue weighted by molar-refractivity contribution is 5.89. The summed E-state index contributed by atoms with van der Waals surface area (Å²) in [6.07, 6.45) is 1.62. The van der Waals surface area contributed by atoms with Gasteiger partial charge in [-0.2, -0.15) is 0 Å². The number of urea groups is 1. The zero-order valence-corrected chi connectivity index (χ0v) is 12.8. The van der Waals surface area contributed by atoms with Gasteiger partial charge < -0.3 is 21.3 Å². The molecular weight excluding hydrogens is 278 g/mol. The summed E-state index contributed by atoms with van der Waals surface area (Å²) in [6, 6.07) is 11.1. The Morgan fingerprint density at radius 2 is 2.09 bits per heavy atom. The number of aromatic nitrogens is 1. The lowest BCUT2D eigenvalue weighted by molar-refractivity contribution is 0.252. The largest absolute Gasteiger partial charge is 0.383 e. The Labute approximate surface area is 130 Å². The van der Waals surface area contributed by atoms with E-state index in [1.807, 2.05) is 44.4 Å². The summed E-state index contributed by atoms with van der Waals surface area (Å²) in [5.74, 6) is 0.427. The third kappa shape index (κ3) is 4.75. The van der Waals surface area contributed by atoms with E-state index in [0.717, 1.165) is 23.4 Å². The third-order valence-electron chi connectivity index (χ3n) is 3.05. The first kappa shape index (κ1) is 15.8. The van der Waals surface area contributed by atoms with E-state index in [-0.39, 0.29) is 6.03 Å². The maximum Gasteiger partial charge on any atom is 0.319 e. The van der Waals surface area contributed by atoms with E-state index in [1.165, 1.54) is 0 Å². The molecule has 0 spiro atoms. The lowest BCUT2D eigenvalue weighted by Crippen LogP contribution is -2.28. The molecule has 0 fully saturated rings. The van der Waals surface area contributed by atoms with Crippen molar-refractivity contribution in [3.05, 3.63) is 53.7 Å². The van der Waals surface area contributed by atoms with Crippen LogP contribution in [0, 0.1) is 0 Å². The van der Waals surface area contributed by atoms with E-state index >= 15 is 0 Å². The molecule has 116 valence electrons. The Hall–Kier alpha value is -2.60. The van der Waals surface area contributed by atoms with E-state index in [9.17, 15) is 4.79 Å². The fraction of sp³-hybridized carbons (Fsp3) is 0.250. The van der Waals surface area contributed by atoms with Crippen LogP contribution in [0.2, 0.25) is 0 Å². The molecule has 6 heteroatoms. The van der Waals surface area contributed by atoms with E-state index in [0.29, 0.717) is 12.4 Å². The summed E-state index contributed by atoms with van der Waals surface area (Å²) in [4.78, 5) is 18.0. The Balaban J connectivity index is 1.91. The second-order valence-electron chi connectivity index (χ2n) is 5.29. The topological polar surface area (TPSA) is 83.3 Å². The van der Waals surface area contributed by atoms with Crippen LogP contribution >= 0.6 is 0 Å². The van der Waals surface area contributed by atoms with Crippen molar-refractivity contribution in [3.8, 4) is 0 Å². The Morgan fingerprint density at radius 1 is 1.27 bits per heavy atom. The summed E-state index contributed by atoms with van der Waals surface area (Å²) in [6.45, 7) is 1.16. The smallest absolute Gasteiger partial charge is 0.319 e. The van der Waals surface area contributed by atoms with Gasteiger partial charge in [0.2, 0.25) is 0 Å². The molecule has 2 rings (SSSR count). The molecule has 1 aromatic heterocycles. The molecule has 0 aliphatic carbocycles. The van der Waals surface area contributed by atoms with Gasteiger partial charge in [0.25, 0.3) is 0 Å². The molecule has 0 unspecified atom stereocenters. The van der Waals surface area contributed by atoms with Gasteiger partial charge in [0.15, 0.2) is 0 Å². The number of nitrogens with two attached hydrogens (primary N) is 1. The Morgan fingerprint density at radius 3 is 2.82 bits per heavy atom. The number of pyridine rings is 1. The molecule has 0 saturated heterocycles. The van der Waals surface area contributed by atoms with Crippen molar-refractivity contribution in [3.63, 3.8) is 0 Å².